The number of methoxy groups -OCH3 is 1. The van der Waals surface area contributed by atoms with E-state index in [1.54, 1.807) is 11.9 Å². The average molecular weight is 267 g/mol. The van der Waals surface area contributed by atoms with Gasteiger partial charge in [-0.15, -0.1) is 0 Å². The summed E-state index contributed by atoms with van der Waals surface area (Å²) in [5.41, 5.74) is 6.19. The van der Waals surface area contributed by atoms with E-state index in [0.717, 1.165) is 0 Å². The molecule has 0 unspecified atom stereocenters. The molecule has 0 saturated carbocycles. The second kappa shape index (κ2) is 6.77. The highest BCUT2D eigenvalue weighted by Crippen LogP contribution is 2.26. The van der Waals surface area contributed by atoms with Gasteiger partial charge in [0.1, 0.15) is 12.0 Å². The molecule has 0 aliphatic carbocycles. The third-order valence-corrected chi connectivity index (χ3v) is 2.47. The van der Waals surface area contributed by atoms with Crippen LogP contribution in [0.3, 0.4) is 0 Å². The number of anilines is 2. The van der Waals surface area contributed by atoms with Crippen LogP contribution in [0.1, 0.15) is 13.8 Å². The number of likely N-dealkylation sites (N-methyl/N-ethyl adjacent to an activating group) is 1. The molecule has 3 N–H and O–H groups in total. The summed E-state index contributed by atoms with van der Waals surface area (Å²) in [4.78, 5) is 21.3. The Hall–Kier alpha value is -2.05. The van der Waals surface area contributed by atoms with Gasteiger partial charge in [0.25, 0.3) is 0 Å². The number of nitrogens with one attached hydrogen (secondary N) is 1. The average Bonchev–Trinajstić information content (AvgIpc) is 2.36. The number of nitrogens with zero attached hydrogens (tertiary/aromatic N) is 3. The highest BCUT2D eigenvalue weighted by Gasteiger charge is 2.15. The van der Waals surface area contributed by atoms with E-state index in [2.05, 4.69) is 15.3 Å². The Balaban J connectivity index is 2.68. The van der Waals surface area contributed by atoms with Crippen molar-refractivity contribution in [2.45, 2.75) is 13.8 Å². The lowest BCUT2D eigenvalue weighted by molar-refractivity contribution is -0.119. The van der Waals surface area contributed by atoms with Crippen LogP contribution in [0.2, 0.25) is 0 Å². The molecule has 0 aliphatic heterocycles. The summed E-state index contributed by atoms with van der Waals surface area (Å²) >= 11 is 0. The molecule has 1 aromatic rings. The van der Waals surface area contributed by atoms with Gasteiger partial charge in [0.15, 0.2) is 5.82 Å². The van der Waals surface area contributed by atoms with Crippen LogP contribution in [0.4, 0.5) is 11.5 Å². The van der Waals surface area contributed by atoms with Crippen molar-refractivity contribution in [3.8, 4) is 5.88 Å². The maximum atomic E-state index is 11.7. The fourth-order valence-corrected chi connectivity index (χ4v) is 1.50. The maximum Gasteiger partial charge on any atom is 0.242 e. The van der Waals surface area contributed by atoms with Crippen LogP contribution in [0, 0.1) is 5.92 Å². The number of nitrogens with two attached hydrogens (primary N) is 1. The predicted octanol–water partition coefficient (Wildman–Crippen LogP) is 0.276. The van der Waals surface area contributed by atoms with Gasteiger partial charge in [-0.05, 0) is 5.92 Å². The Bertz CT molecular complexity index is 436. The molecular weight excluding hydrogens is 246 g/mol. The normalized spacial score (nSPS) is 10.4. The first kappa shape index (κ1) is 15.0. The topological polar surface area (TPSA) is 93.4 Å². The lowest BCUT2D eigenvalue weighted by atomic mass is 10.2. The van der Waals surface area contributed by atoms with Gasteiger partial charge in [-0.2, -0.15) is 4.98 Å². The molecule has 0 aliphatic rings. The van der Waals surface area contributed by atoms with E-state index >= 15 is 0 Å². The Labute approximate surface area is 113 Å². The SMILES string of the molecule is COc1ncnc(N(C)CC(=O)NCC(C)C)c1N. The third kappa shape index (κ3) is 4.27. The van der Waals surface area contributed by atoms with E-state index in [0.29, 0.717) is 29.8 Å². The number of amides is 1. The zero-order valence-electron chi connectivity index (χ0n) is 11.8. The number of carbonyl (C=O) groups excluding carboxylic acids is 1. The molecule has 0 radical (unpaired) electrons. The molecule has 1 aromatic heterocycles. The number of hydrogen-bond acceptors (Lipinski definition) is 6. The quantitative estimate of drug-likeness (QED) is 0.768. The minimum absolute atomic E-state index is 0.0758. The summed E-state index contributed by atoms with van der Waals surface area (Å²) in [7, 11) is 3.23. The highest BCUT2D eigenvalue weighted by atomic mass is 16.5. The Morgan fingerprint density at radius 1 is 1.53 bits per heavy atom. The second-order valence-electron chi connectivity index (χ2n) is 4.67. The van der Waals surface area contributed by atoms with Crippen molar-refractivity contribution in [1.82, 2.24) is 15.3 Å². The van der Waals surface area contributed by atoms with Crippen molar-refractivity contribution in [1.29, 1.82) is 0 Å². The Morgan fingerprint density at radius 2 is 2.21 bits per heavy atom. The van der Waals surface area contributed by atoms with Gasteiger partial charge in [0.2, 0.25) is 11.8 Å². The zero-order chi connectivity index (χ0) is 14.4. The summed E-state index contributed by atoms with van der Waals surface area (Å²) < 4.78 is 5.02. The highest BCUT2D eigenvalue weighted by molar-refractivity contribution is 5.82. The molecule has 7 heteroatoms. The molecule has 1 rings (SSSR count). The molecule has 0 saturated heterocycles. The predicted molar refractivity (Wildman–Crippen MR) is 74.1 cm³/mol. The summed E-state index contributed by atoms with van der Waals surface area (Å²) in [6.45, 7) is 4.90. The van der Waals surface area contributed by atoms with Gasteiger partial charge in [-0.25, -0.2) is 4.98 Å². The van der Waals surface area contributed by atoms with Gasteiger partial charge in [-0.1, -0.05) is 13.8 Å². The van der Waals surface area contributed by atoms with Gasteiger partial charge >= 0.3 is 0 Å². The smallest absolute Gasteiger partial charge is 0.242 e. The number of nitrogen functional groups attached to an aromatic ring is 1. The first-order chi connectivity index (χ1) is 8.95. The van der Waals surface area contributed by atoms with Crippen LogP contribution in [0.15, 0.2) is 6.33 Å². The fourth-order valence-electron chi connectivity index (χ4n) is 1.50. The van der Waals surface area contributed by atoms with Gasteiger partial charge < -0.3 is 20.7 Å². The minimum Gasteiger partial charge on any atom is -0.479 e. The van der Waals surface area contributed by atoms with Crippen molar-refractivity contribution in [2.75, 3.05) is 37.9 Å². The molecule has 106 valence electrons. The Kier molecular flexibility index (Phi) is 5.35. The number of rotatable bonds is 6. The van der Waals surface area contributed by atoms with Gasteiger partial charge in [-0.3, -0.25) is 4.79 Å². The van der Waals surface area contributed by atoms with Crippen LogP contribution < -0.4 is 20.7 Å². The first-order valence-corrected chi connectivity index (χ1v) is 6.08. The van der Waals surface area contributed by atoms with Crippen molar-refractivity contribution in [3.05, 3.63) is 6.33 Å². The number of hydrogen-bond donors (Lipinski definition) is 2. The molecular formula is C12H21N5O2. The van der Waals surface area contributed by atoms with Crippen molar-refractivity contribution in [2.24, 2.45) is 5.92 Å². The van der Waals surface area contributed by atoms with Crippen LogP contribution >= 0.6 is 0 Å². The molecule has 0 spiro atoms. The van der Waals surface area contributed by atoms with E-state index in [4.69, 9.17) is 10.5 Å². The second-order valence-corrected chi connectivity index (χ2v) is 4.67. The van der Waals surface area contributed by atoms with Gasteiger partial charge in [0.05, 0.1) is 13.7 Å². The minimum atomic E-state index is -0.0758. The summed E-state index contributed by atoms with van der Waals surface area (Å²) in [6.07, 6.45) is 1.35. The number of ether oxygens (including phenoxy) is 1. The largest absolute Gasteiger partial charge is 0.479 e. The fraction of sp³-hybridized carbons (Fsp3) is 0.583. The molecule has 19 heavy (non-hydrogen) atoms. The summed E-state index contributed by atoms with van der Waals surface area (Å²) in [5, 5.41) is 2.83. The molecule has 0 fully saturated rings. The van der Waals surface area contributed by atoms with E-state index in [-0.39, 0.29) is 12.5 Å². The lowest BCUT2D eigenvalue weighted by Gasteiger charge is -2.20. The lowest BCUT2D eigenvalue weighted by Crippen LogP contribution is -2.37. The summed E-state index contributed by atoms with van der Waals surface area (Å²) in [6, 6.07) is 0. The van der Waals surface area contributed by atoms with Crippen LogP contribution in [-0.4, -0.2) is 43.1 Å². The van der Waals surface area contributed by atoms with E-state index < -0.39 is 0 Å². The van der Waals surface area contributed by atoms with Crippen LogP contribution in [-0.2, 0) is 4.79 Å². The summed E-state index contributed by atoms with van der Waals surface area (Å²) in [5.74, 6) is 1.12. The molecule has 0 atom stereocenters. The van der Waals surface area contributed by atoms with Crippen LogP contribution in [0.25, 0.3) is 0 Å². The van der Waals surface area contributed by atoms with E-state index in [9.17, 15) is 4.79 Å². The zero-order valence-corrected chi connectivity index (χ0v) is 11.8. The van der Waals surface area contributed by atoms with E-state index in [1.165, 1.54) is 13.4 Å². The van der Waals surface area contributed by atoms with Crippen LogP contribution in [0.5, 0.6) is 5.88 Å². The molecule has 7 nitrogen and oxygen atoms in total. The third-order valence-electron chi connectivity index (χ3n) is 2.47. The van der Waals surface area contributed by atoms with E-state index in [1.807, 2.05) is 13.8 Å². The maximum absolute atomic E-state index is 11.7. The number of carbonyl (C=O) groups is 1. The standard InChI is InChI=1S/C12H21N5O2/c1-8(2)5-14-9(18)6-17(3)11-10(13)12(19-4)16-7-15-11/h7-8H,5-6,13H2,1-4H3,(H,14,18). The molecule has 1 amide bonds. The Morgan fingerprint density at radius 3 is 2.79 bits per heavy atom. The molecule has 0 bridgehead atoms. The van der Waals surface area contributed by atoms with Crippen molar-refractivity contribution >= 4 is 17.4 Å². The first-order valence-electron chi connectivity index (χ1n) is 6.08. The van der Waals surface area contributed by atoms with Gasteiger partial charge in [0, 0.05) is 13.6 Å². The monoisotopic (exact) mass is 267 g/mol. The van der Waals surface area contributed by atoms with Crippen molar-refractivity contribution < 1.29 is 9.53 Å². The van der Waals surface area contributed by atoms with Crippen molar-refractivity contribution in [3.63, 3.8) is 0 Å². The molecule has 0 aromatic carbocycles. The number of aromatic nitrogens is 2. The molecule has 1 heterocycles.